The zero-order valence-corrected chi connectivity index (χ0v) is 10.7. The smallest absolute Gasteiger partial charge is 0.108 e. The molecular weight excluding hydrogens is 293 g/mol. The quantitative estimate of drug-likeness (QED) is 0.763. The number of nitrogens with one attached hydrogen (secondary N) is 1. The van der Waals surface area contributed by atoms with E-state index in [1.807, 2.05) is 18.2 Å². The fourth-order valence-corrected chi connectivity index (χ4v) is 2.45. The Labute approximate surface area is 106 Å². The van der Waals surface area contributed by atoms with Crippen LogP contribution < -0.4 is 0 Å². The molecule has 0 bridgehead atoms. The monoisotopic (exact) mass is 303 g/mol. The van der Waals surface area contributed by atoms with E-state index in [2.05, 4.69) is 20.9 Å². The number of aliphatic hydroxyl groups is 2. The van der Waals surface area contributed by atoms with Crippen LogP contribution in [0.3, 0.4) is 0 Å². The predicted octanol–water partition coefficient (Wildman–Crippen LogP) is 2.56. The molecule has 0 spiro atoms. The average molecular weight is 305 g/mol. The molecule has 2 aromatic rings. The molecule has 86 valence electrons. The third-order valence-corrected chi connectivity index (χ3v) is 3.50. The van der Waals surface area contributed by atoms with Crippen molar-refractivity contribution in [2.24, 2.45) is 0 Å². The van der Waals surface area contributed by atoms with Gasteiger partial charge in [0, 0.05) is 27.1 Å². The summed E-state index contributed by atoms with van der Waals surface area (Å²) in [5, 5.41) is 20.3. The van der Waals surface area contributed by atoms with Crippen molar-refractivity contribution in [3.63, 3.8) is 0 Å². The van der Waals surface area contributed by atoms with Gasteiger partial charge in [-0.1, -0.05) is 22.0 Å². The summed E-state index contributed by atoms with van der Waals surface area (Å²) < 4.78 is 0.877. The van der Waals surface area contributed by atoms with Gasteiger partial charge in [0.05, 0.1) is 12.0 Å². The van der Waals surface area contributed by atoms with E-state index in [-0.39, 0.29) is 5.88 Å². The molecule has 0 amide bonds. The molecular formula is C11H11BrClNO2. The first-order chi connectivity index (χ1) is 7.65. The molecule has 3 nitrogen and oxygen atoms in total. The SMILES string of the molecule is OC(CCl)C(O)c1c[nH]c2cccc(Br)c12. The molecule has 2 rings (SSSR count). The zero-order chi connectivity index (χ0) is 11.7. The van der Waals surface area contributed by atoms with Gasteiger partial charge in [0.25, 0.3) is 0 Å². The van der Waals surface area contributed by atoms with Gasteiger partial charge < -0.3 is 15.2 Å². The van der Waals surface area contributed by atoms with Crippen LogP contribution in [0.15, 0.2) is 28.9 Å². The summed E-state index contributed by atoms with van der Waals surface area (Å²) in [5.41, 5.74) is 1.56. The lowest BCUT2D eigenvalue weighted by Crippen LogP contribution is -2.19. The Morgan fingerprint density at radius 3 is 2.81 bits per heavy atom. The molecule has 0 aliphatic rings. The summed E-state index contributed by atoms with van der Waals surface area (Å²) in [6.45, 7) is 0. The van der Waals surface area contributed by atoms with Gasteiger partial charge in [-0.2, -0.15) is 0 Å². The summed E-state index contributed by atoms with van der Waals surface area (Å²) in [7, 11) is 0. The third kappa shape index (κ3) is 1.98. The number of hydrogen-bond acceptors (Lipinski definition) is 2. The molecule has 1 aromatic carbocycles. The number of aromatic amines is 1. The van der Waals surface area contributed by atoms with E-state index in [0.717, 1.165) is 15.4 Å². The Hall–Kier alpha value is -0.550. The maximum absolute atomic E-state index is 9.93. The lowest BCUT2D eigenvalue weighted by atomic mass is 10.0. The molecule has 0 aliphatic heterocycles. The fraction of sp³-hybridized carbons (Fsp3) is 0.273. The van der Waals surface area contributed by atoms with Crippen molar-refractivity contribution < 1.29 is 10.2 Å². The highest BCUT2D eigenvalue weighted by Crippen LogP contribution is 2.32. The topological polar surface area (TPSA) is 56.2 Å². The summed E-state index contributed by atoms with van der Waals surface area (Å²) in [6, 6.07) is 5.69. The van der Waals surface area contributed by atoms with Crippen LogP contribution in [0.5, 0.6) is 0 Å². The summed E-state index contributed by atoms with van der Waals surface area (Å²) in [4.78, 5) is 3.04. The molecule has 16 heavy (non-hydrogen) atoms. The maximum Gasteiger partial charge on any atom is 0.108 e. The minimum atomic E-state index is -0.982. The van der Waals surface area contributed by atoms with Gasteiger partial charge in [-0.25, -0.2) is 0 Å². The van der Waals surface area contributed by atoms with Gasteiger partial charge in [0.15, 0.2) is 0 Å². The van der Waals surface area contributed by atoms with Crippen molar-refractivity contribution >= 4 is 38.4 Å². The Morgan fingerprint density at radius 1 is 1.38 bits per heavy atom. The molecule has 3 N–H and O–H groups in total. The predicted molar refractivity (Wildman–Crippen MR) is 67.7 cm³/mol. The van der Waals surface area contributed by atoms with Crippen LogP contribution in [0.2, 0.25) is 0 Å². The summed E-state index contributed by atoms with van der Waals surface area (Å²) in [5.74, 6) is -0.00169. The molecule has 0 saturated heterocycles. The van der Waals surface area contributed by atoms with Crippen LogP contribution in [-0.2, 0) is 0 Å². The number of halogens is 2. The minimum Gasteiger partial charge on any atom is -0.389 e. The van der Waals surface area contributed by atoms with Gasteiger partial charge in [0.2, 0.25) is 0 Å². The number of aliphatic hydroxyl groups excluding tert-OH is 2. The van der Waals surface area contributed by atoms with Crippen LogP contribution in [0, 0.1) is 0 Å². The van der Waals surface area contributed by atoms with Crippen LogP contribution in [0.25, 0.3) is 10.9 Å². The van der Waals surface area contributed by atoms with Gasteiger partial charge in [-0.05, 0) is 12.1 Å². The van der Waals surface area contributed by atoms with E-state index in [0.29, 0.717) is 5.56 Å². The summed E-state index contributed by atoms with van der Waals surface area (Å²) in [6.07, 6.45) is -0.256. The molecule has 5 heteroatoms. The van der Waals surface area contributed by atoms with Crippen molar-refractivity contribution in [3.8, 4) is 0 Å². The molecule has 0 radical (unpaired) electrons. The van der Waals surface area contributed by atoms with E-state index in [4.69, 9.17) is 11.6 Å². The van der Waals surface area contributed by atoms with E-state index >= 15 is 0 Å². The van der Waals surface area contributed by atoms with E-state index in [1.54, 1.807) is 6.20 Å². The molecule has 0 fully saturated rings. The zero-order valence-electron chi connectivity index (χ0n) is 8.32. The van der Waals surface area contributed by atoms with Crippen LogP contribution >= 0.6 is 27.5 Å². The first kappa shape index (κ1) is 11.9. The number of alkyl halides is 1. The second-order valence-corrected chi connectivity index (χ2v) is 4.74. The number of benzene rings is 1. The van der Waals surface area contributed by atoms with Gasteiger partial charge in [-0.15, -0.1) is 11.6 Å². The average Bonchev–Trinajstić information content (AvgIpc) is 2.72. The molecule has 1 aromatic heterocycles. The van der Waals surface area contributed by atoms with E-state index < -0.39 is 12.2 Å². The van der Waals surface area contributed by atoms with Crippen molar-refractivity contribution in [1.29, 1.82) is 0 Å². The van der Waals surface area contributed by atoms with Crippen molar-refractivity contribution in [2.45, 2.75) is 12.2 Å². The minimum absolute atomic E-state index is 0.00169. The van der Waals surface area contributed by atoms with Gasteiger partial charge in [-0.3, -0.25) is 0 Å². The highest BCUT2D eigenvalue weighted by Gasteiger charge is 2.21. The normalized spacial score (nSPS) is 15.2. The van der Waals surface area contributed by atoms with Crippen LogP contribution in [0.1, 0.15) is 11.7 Å². The molecule has 2 unspecified atom stereocenters. The lowest BCUT2D eigenvalue weighted by Gasteiger charge is -2.14. The number of rotatable bonds is 3. The van der Waals surface area contributed by atoms with Crippen molar-refractivity contribution in [3.05, 3.63) is 34.4 Å². The second-order valence-electron chi connectivity index (χ2n) is 3.57. The number of aromatic nitrogens is 1. The first-order valence-corrected chi connectivity index (χ1v) is 6.15. The Balaban J connectivity index is 2.53. The van der Waals surface area contributed by atoms with Crippen LogP contribution in [-0.4, -0.2) is 27.2 Å². The lowest BCUT2D eigenvalue weighted by molar-refractivity contribution is 0.0336. The Kier molecular flexibility index (Phi) is 3.54. The number of fused-ring (bicyclic) bond motifs is 1. The van der Waals surface area contributed by atoms with Gasteiger partial charge in [0.1, 0.15) is 6.10 Å². The van der Waals surface area contributed by atoms with E-state index in [9.17, 15) is 10.2 Å². The standard InChI is InChI=1S/C11H11BrClNO2/c12-7-2-1-3-8-10(7)6(5-14-8)11(16)9(15)4-13/h1-3,5,9,11,14-16H,4H2. The highest BCUT2D eigenvalue weighted by molar-refractivity contribution is 9.10. The number of H-pyrrole nitrogens is 1. The fourth-order valence-electron chi connectivity index (χ4n) is 1.69. The second kappa shape index (κ2) is 4.75. The van der Waals surface area contributed by atoms with Crippen molar-refractivity contribution in [2.75, 3.05) is 5.88 Å². The van der Waals surface area contributed by atoms with Gasteiger partial charge >= 0.3 is 0 Å². The highest BCUT2D eigenvalue weighted by atomic mass is 79.9. The summed E-state index contributed by atoms with van der Waals surface area (Å²) >= 11 is 8.94. The number of hydrogen-bond donors (Lipinski definition) is 3. The maximum atomic E-state index is 9.93. The first-order valence-electron chi connectivity index (χ1n) is 4.82. The Bertz CT molecular complexity index is 500. The van der Waals surface area contributed by atoms with Crippen LogP contribution in [0.4, 0.5) is 0 Å². The molecule has 0 aliphatic carbocycles. The largest absolute Gasteiger partial charge is 0.389 e. The molecule has 0 saturated carbocycles. The van der Waals surface area contributed by atoms with E-state index in [1.165, 1.54) is 0 Å². The molecule has 2 atom stereocenters. The Morgan fingerprint density at radius 2 is 2.12 bits per heavy atom. The third-order valence-electron chi connectivity index (χ3n) is 2.53. The molecule has 1 heterocycles. The van der Waals surface area contributed by atoms with Crippen molar-refractivity contribution in [1.82, 2.24) is 4.98 Å².